The molecule has 1 heterocycles. The number of likely N-dealkylation sites (tertiary alicyclic amines) is 1. The van der Waals surface area contributed by atoms with Crippen molar-refractivity contribution in [1.29, 1.82) is 0 Å². The summed E-state index contributed by atoms with van der Waals surface area (Å²) in [6, 6.07) is 10.3. The average molecular weight is 260 g/mol. The Bertz CT molecular complexity index is 404. The molecule has 1 amide bonds. The standard InChI is InChI=1S/C16H24N2O/c1-2-14(15-6-4-3-5-7-15)10-16(19)18-9-8-13(11-17)12-18/h3-7,13-14H,2,8-12,17H2,1H3. The van der Waals surface area contributed by atoms with E-state index in [4.69, 9.17) is 5.73 Å². The lowest BCUT2D eigenvalue weighted by molar-refractivity contribution is -0.130. The van der Waals surface area contributed by atoms with E-state index in [-0.39, 0.29) is 5.91 Å². The molecule has 1 aliphatic rings. The average Bonchev–Trinajstić information content (AvgIpc) is 2.94. The molecular weight excluding hydrogens is 236 g/mol. The molecule has 2 rings (SSSR count). The van der Waals surface area contributed by atoms with Gasteiger partial charge in [0.05, 0.1) is 0 Å². The van der Waals surface area contributed by atoms with Gasteiger partial charge < -0.3 is 10.6 Å². The molecule has 0 radical (unpaired) electrons. The van der Waals surface area contributed by atoms with Crippen LogP contribution in [0.3, 0.4) is 0 Å². The summed E-state index contributed by atoms with van der Waals surface area (Å²) in [6.45, 7) is 4.57. The summed E-state index contributed by atoms with van der Waals surface area (Å²) in [5.41, 5.74) is 6.95. The molecule has 1 fully saturated rings. The van der Waals surface area contributed by atoms with Gasteiger partial charge in [-0.3, -0.25) is 4.79 Å². The number of rotatable bonds is 5. The minimum absolute atomic E-state index is 0.284. The zero-order chi connectivity index (χ0) is 13.7. The molecule has 0 spiro atoms. The Labute approximate surface area is 115 Å². The second-order valence-electron chi connectivity index (χ2n) is 5.45. The fourth-order valence-electron chi connectivity index (χ4n) is 2.81. The first kappa shape index (κ1) is 14.1. The Kier molecular flexibility index (Phi) is 4.97. The maximum Gasteiger partial charge on any atom is 0.223 e. The predicted molar refractivity (Wildman–Crippen MR) is 77.8 cm³/mol. The van der Waals surface area contributed by atoms with Crippen LogP contribution in [0.15, 0.2) is 30.3 Å². The molecule has 0 bridgehead atoms. The van der Waals surface area contributed by atoms with Crippen molar-refractivity contribution in [3.8, 4) is 0 Å². The van der Waals surface area contributed by atoms with Crippen LogP contribution in [-0.2, 0) is 4.79 Å². The van der Waals surface area contributed by atoms with Gasteiger partial charge in [-0.05, 0) is 36.8 Å². The molecule has 104 valence electrons. The summed E-state index contributed by atoms with van der Waals surface area (Å²) in [5.74, 6) is 1.12. The first-order valence-electron chi connectivity index (χ1n) is 7.27. The number of carbonyl (C=O) groups is 1. The molecule has 3 heteroatoms. The fourth-order valence-corrected chi connectivity index (χ4v) is 2.81. The largest absolute Gasteiger partial charge is 0.342 e. The molecule has 1 aliphatic heterocycles. The van der Waals surface area contributed by atoms with Gasteiger partial charge in [-0.25, -0.2) is 0 Å². The third-order valence-corrected chi connectivity index (χ3v) is 4.16. The smallest absolute Gasteiger partial charge is 0.223 e. The van der Waals surface area contributed by atoms with Crippen molar-refractivity contribution in [3.63, 3.8) is 0 Å². The molecule has 1 aromatic rings. The normalized spacial score (nSPS) is 20.5. The van der Waals surface area contributed by atoms with Gasteiger partial charge in [0.15, 0.2) is 0 Å². The minimum atomic E-state index is 0.284. The highest BCUT2D eigenvalue weighted by molar-refractivity contribution is 5.77. The van der Waals surface area contributed by atoms with E-state index >= 15 is 0 Å². The minimum Gasteiger partial charge on any atom is -0.342 e. The van der Waals surface area contributed by atoms with E-state index < -0.39 is 0 Å². The van der Waals surface area contributed by atoms with Crippen molar-refractivity contribution in [3.05, 3.63) is 35.9 Å². The summed E-state index contributed by atoms with van der Waals surface area (Å²) < 4.78 is 0. The third kappa shape index (κ3) is 3.57. The Hall–Kier alpha value is -1.35. The van der Waals surface area contributed by atoms with Gasteiger partial charge in [0.1, 0.15) is 0 Å². The van der Waals surface area contributed by atoms with E-state index in [1.165, 1.54) is 5.56 Å². The molecule has 19 heavy (non-hydrogen) atoms. The molecule has 0 saturated carbocycles. The molecule has 0 aromatic heterocycles. The molecule has 2 atom stereocenters. The molecule has 2 N–H and O–H groups in total. The molecule has 1 aromatic carbocycles. The van der Waals surface area contributed by atoms with Crippen molar-refractivity contribution in [2.24, 2.45) is 11.7 Å². The van der Waals surface area contributed by atoms with Gasteiger partial charge in [-0.2, -0.15) is 0 Å². The van der Waals surface area contributed by atoms with Crippen LogP contribution in [-0.4, -0.2) is 30.4 Å². The lowest BCUT2D eigenvalue weighted by Crippen LogP contribution is -2.30. The van der Waals surface area contributed by atoms with Gasteiger partial charge in [-0.15, -0.1) is 0 Å². The maximum atomic E-state index is 12.3. The Morgan fingerprint density at radius 1 is 1.42 bits per heavy atom. The van der Waals surface area contributed by atoms with Crippen molar-refractivity contribution in [2.45, 2.75) is 32.1 Å². The number of hydrogen-bond acceptors (Lipinski definition) is 2. The van der Waals surface area contributed by atoms with Crippen LogP contribution in [0.5, 0.6) is 0 Å². The van der Waals surface area contributed by atoms with Crippen LogP contribution in [0.4, 0.5) is 0 Å². The summed E-state index contributed by atoms with van der Waals surface area (Å²) in [4.78, 5) is 14.3. The van der Waals surface area contributed by atoms with E-state index in [0.717, 1.165) is 25.9 Å². The number of hydrogen-bond donors (Lipinski definition) is 1. The third-order valence-electron chi connectivity index (χ3n) is 4.16. The maximum absolute atomic E-state index is 12.3. The van der Waals surface area contributed by atoms with E-state index in [2.05, 4.69) is 19.1 Å². The van der Waals surface area contributed by atoms with Gasteiger partial charge >= 0.3 is 0 Å². The highest BCUT2D eigenvalue weighted by Crippen LogP contribution is 2.25. The van der Waals surface area contributed by atoms with E-state index in [1.54, 1.807) is 0 Å². The highest BCUT2D eigenvalue weighted by atomic mass is 16.2. The van der Waals surface area contributed by atoms with Gasteiger partial charge in [0.25, 0.3) is 0 Å². The summed E-state index contributed by atoms with van der Waals surface area (Å²) in [6.07, 6.45) is 2.69. The second-order valence-corrected chi connectivity index (χ2v) is 5.45. The highest BCUT2D eigenvalue weighted by Gasteiger charge is 2.26. The summed E-state index contributed by atoms with van der Waals surface area (Å²) in [7, 11) is 0. The lowest BCUT2D eigenvalue weighted by Gasteiger charge is -2.21. The SMILES string of the molecule is CCC(CC(=O)N1CCC(CN)C1)c1ccccc1. The van der Waals surface area contributed by atoms with Gasteiger partial charge in [-0.1, -0.05) is 37.3 Å². The topological polar surface area (TPSA) is 46.3 Å². The van der Waals surface area contributed by atoms with Crippen LogP contribution in [0.1, 0.15) is 37.7 Å². The van der Waals surface area contributed by atoms with Crippen LogP contribution in [0.2, 0.25) is 0 Å². The number of amides is 1. The fraction of sp³-hybridized carbons (Fsp3) is 0.562. The number of benzene rings is 1. The number of carbonyl (C=O) groups excluding carboxylic acids is 1. The number of nitrogens with zero attached hydrogens (tertiary/aromatic N) is 1. The number of nitrogens with two attached hydrogens (primary N) is 1. The molecule has 2 unspecified atom stereocenters. The van der Waals surface area contributed by atoms with Crippen molar-refractivity contribution < 1.29 is 4.79 Å². The molecule has 3 nitrogen and oxygen atoms in total. The van der Waals surface area contributed by atoms with Crippen molar-refractivity contribution in [1.82, 2.24) is 4.90 Å². The van der Waals surface area contributed by atoms with Gasteiger partial charge in [0.2, 0.25) is 5.91 Å². The molecule has 0 aliphatic carbocycles. The van der Waals surface area contributed by atoms with E-state index in [0.29, 0.717) is 24.8 Å². The lowest BCUT2D eigenvalue weighted by atomic mass is 9.93. The first-order chi connectivity index (χ1) is 9.24. The Morgan fingerprint density at radius 3 is 2.74 bits per heavy atom. The van der Waals surface area contributed by atoms with E-state index in [9.17, 15) is 4.79 Å². The first-order valence-corrected chi connectivity index (χ1v) is 7.27. The molecule has 1 saturated heterocycles. The van der Waals surface area contributed by atoms with Crippen molar-refractivity contribution >= 4 is 5.91 Å². The van der Waals surface area contributed by atoms with Crippen LogP contribution in [0.25, 0.3) is 0 Å². The summed E-state index contributed by atoms with van der Waals surface area (Å²) >= 11 is 0. The second kappa shape index (κ2) is 6.71. The zero-order valence-electron chi connectivity index (χ0n) is 11.7. The predicted octanol–water partition coefficient (Wildman–Crippen LogP) is 2.38. The van der Waals surface area contributed by atoms with Crippen LogP contribution in [0, 0.1) is 5.92 Å². The van der Waals surface area contributed by atoms with E-state index in [1.807, 2.05) is 23.1 Å². The van der Waals surface area contributed by atoms with Crippen LogP contribution < -0.4 is 5.73 Å². The van der Waals surface area contributed by atoms with Crippen LogP contribution >= 0.6 is 0 Å². The quantitative estimate of drug-likeness (QED) is 0.883. The van der Waals surface area contributed by atoms with Crippen molar-refractivity contribution in [2.75, 3.05) is 19.6 Å². The van der Waals surface area contributed by atoms with Gasteiger partial charge in [0, 0.05) is 19.5 Å². The monoisotopic (exact) mass is 260 g/mol. The summed E-state index contributed by atoms with van der Waals surface area (Å²) in [5, 5.41) is 0. The zero-order valence-corrected chi connectivity index (χ0v) is 11.7. The molecular formula is C16H24N2O. The Morgan fingerprint density at radius 2 is 2.16 bits per heavy atom. The Balaban J connectivity index is 1.94.